The Morgan fingerprint density at radius 2 is 1.96 bits per heavy atom. The first-order chi connectivity index (χ1) is 12.1. The highest BCUT2D eigenvalue weighted by molar-refractivity contribution is 5.89. The number of benzene rings is 1. The molecule has 2 aromatic rings. The van der Waals surface area contributed by atoms with Gasteiger partial charge in [-0.15, -0.1) is 0 Å². The van der Waals surface area contributed by atoms with Gasteiger partial charge >= 0.3 is 0 Å². The van der Waals surface area contributed by atoms with E-state index in [0.29, 0.717) is 26.1 Å². The molecule has 0 radical (unpaired) electrons. The summed E-state index contributed by atoms with van der Waals surface area (Å²) in [4.78, 5) is 32.4. The van der Waals surface area contributed by atoms with Crippen LogP contribution in [0.1, 0.15) is 17.5 Å². The van der Waals surface area contributed by atoms with Crippen LogP contribution in [0.3, 0.4) is 0 Å². The van der Waals surface area contributed by atoms with Gasteiger partial charge in [0.2, 0.25) is 11.8 Å². The summed E-state index contributed by atoms with van der Waals surface area (Å²) in [5, 5.41) is 0. The van der Waals surface area contributed by atoms with Crippen LogP contribution < -0.4 is 0 Å². The zero-order chi connectivity index (χ0) is 17.6. The third kappa shape index (κ3) is 4.44. The Morgan fingerprint density at radius 3 is 2.60 bits per heavy atom. The molecule has 0 aliphatic carbocycles. The number of amides is 2. The highest BCUT2D eigenvalue weighted by Gasteiger charge is 2.34. The zero-order valence-corrected chi connectivity index (χ0v) is 14.5. The minimum Gasteiger partial charge on any atom is -0.345 e. The van der Waals surface area contributed by atoms with E-state index in [0.717, 1.165) is 12.0 Å². The summed E-state index contributed by atoms with van der Waals surface area (Å²) < 4.78 is 0. The molecule has 1 aromatic heterocycles. The third-order valence-electron chi connectivity index (χ3n) is 4.61. The van der Waals surface area contributed by atoms with Gasteiger partial charge in [0.25, 0.3) is 0 Å². The third-order valence-corrected chi connectivity index (χ3v) is 4.61. The summed E-state index contributed by atoms with van der Waals surface area (Å²) in [7, 11) is 1.75. The van der Waals surface area contributed by atoms with Gasteiger partial charge in [0.05, 0.1) is 5.92 Å². The average Bonchev–Trinajstić information content (AvgIpc) is 2.98. The number of pyridine rings is 1. The SMILES string of the molecule is CN1C[C@H](C(=O)N(CCc2ccccc2)Cc2cccnc2)CC1=O. The topological polar surface area (TPSA) is 53.5 Å². The van der Waals surface area contributed by atoms with Crippen LogP contribution in [-0.4, -0.2) is 46.7 Å². The van der Waals surface area contributed by atoms with E-state index in [2.05, 4.69) is 17.1 Å². The monoisotopic (exact) mass is 337 g/mol. The lowest BCUT2D eigenvalue weighted by molar-refractivity contribution is -0.136. The lowest BCUT2D eigenvalue weighted by Crippen LogP contribution is -2.38. The lowest BCUT2D eigenvalue weighted by Gasteiger charge is -2.25. The number of hydrogen-bond acceptors (Lipinski definition) is 3. The molecule has 0 bridgehead atoms. The van der Waals surface area contributed by atoms with E-state index in [1.165, 1.54) is 5.56 Å². The largest absolute Gasteiger partial charge is 0.345 e. The van der Waals surface area contributed by atoms with Gasteiger partial charge in [-0.3, -0.25) is 14.6 Å². The number of hydrogen-bond donors (Lipinski definition) is 0. The average molecular weight is 337 g/mol. The molecule has 1 aromatic carbocycles. The molecular formula is C20H23N3O2. The van der Waals surface area contributed by atoms with Crippen molar-refractivity contribution in [3.63, 3.8) is 0 Å². The normalized spacial score (nSPS) is 16.9. The molecule has 0 N–H and O–H groups in total. The van der Waals surface area contributed by atoms with Crippen molar-refractivity contribution >= 4 is 11.8 Å². The minimum atomic E-state index is -0.245. The van der Waals surface area contributed by atoms with Crippen molar-refractivity contribution in [2.24, 2.45) is 5.92 Å². The maximum absolute atomic E-state index is 13.0. The molecule has 25 heavy (non-hydrogen) atoms. The van der Waals surface area contributed by atoms with Crippen molar-refractivity contribution in [1.29, 1.82) is 0 Å². The predicted molar refractivity (Wildman–Crippen MR) is 95.5 cm³/mol. The van der Waals surface area contributed by atoms with Crippen molar-refractivity contribution in [3.05, 3.63) is 66.0 Å². The van der Waals surface area contributed by atoms with Crippen LogP contribution in [0.15, 0.2) is 54.9 Å². The minimum absolute atomic E-state index is 0.0442. The summed E-state index contributed by atoms with van der Waals surface area (Å²) in [6, 6.07) is 14.0. The standard InChI is InChI=1S/C20H23N3O2/c1-22-15-18(12-19(22)24)20(25)23(14-17-8-5-10-21-13-17)11-9-16-6-3-2-4-7-16/h2-8,10,13,18H,9,11-12,14-15H2,1H3/t18-/m1/s1. The van der Waals surface area contributed by atoms with Crippen LogP contribution in [-0.2, 0) is 22.6 Å². The number of carbonyl (C=O) groups is 2. The van der Waals surface area contributed by atoms with Crippen molar-refractivity contribution in [2.45, 2.75) is 19.4 Å². The maximum Gasteiger partial charge on any atom is 0.228 e. The summed E-state index contributed by atoms with van der Waals surface area (Å²) in [6.45, 7) is 1.66. The van der Waals surface area contributed by atoms with Gasteiger partial charge in [-0.25, -0.2) is 0 Å². The molecule has 1 aliphatic rings. The second-order valence-electron chi connectivity index (χ2n) is 6.53. The lowest BCUT2D eigenvalue weighted by atomic mass is 10.1. The molecule has 1 fully saturated rings. The van der Waals surface area contributed by atoms with Gasteiger partial charge < -0.3 is 9.80 Å². The summed E-state index contributed by atoms with van der Waals surface area (Å²) >= 11 is 0. The second-order valence-corrected chi connectivity index (χ2v) is 6.53. The Hall–Kier alpha value is -2.69. The van der Waals surface area contributed by atoms with E-state index >= 15 is 0 Å². The van der Waals surface area contributed by atoms with Crippen molar-refractivity contribution in [3.8, 4) is 0 Å². The Kier molecular flexibility index (Phi) is 5.43. The van der Waals surface area contributed by atoms with Crippen LogP contribution in [0.2, 0.25) is 0 Å². The highest BCUT2D eigenvalue weighted by atomic mass is 16.2. The second kappa shape index (κ2) is 7.92. The van der Waals surface area contributed by atoms with Gasteiger partial charge in [-0.05, 0) is 23.6 Å². The zero-order valence-electron chi connectivity index (χ0n) is 14.5. The molecular weight excluding hydrogens is 314 g/mol. The Morgan fingerprint density at radius 1 is 1.20 bits per heavy atom. The predicted octanol–water partition coefficient (Wildman–Crippen LogP) is 2.13. The Bertz CT molecular complexity index is 718. The molecule has 2 amide bonds. The van der Waals surface area contributed by atoms with Crippen LogP contribution in [0, 0.1) is 5.92 Å². The van der Waals surface area contributed by atoms with Crippen molar-refractivity contribution < 1.29 is 9.59 Å². The fourth-order valence-corrected chi connectivity index (χ4v) is 3.18. The molecule has 130 valence electrons. The first-order valence-electron chi connectivity index (χ1n) is 8.59. The van der Waals surface area contributed by atoms with Gasteiger partial charge in [0.1, 0.15) is 0 Å². The smallest absolute Gasteiger partial charge is 0.228 e. The van der Waals surface area contributed by atoms with Crippen LogP contribution >= 0.6 is 0 Å². The van der Waals surface area contributed by atoms with Gasteiger partial charge in [-0.1, -0.05) is 36.4 Å². The van der Waals surface area contributed by atoms with Crippen LogP contribution in [0.5, 0.6) is 0 Å². The molecule has 5 heteroatoms. The maximum atomic E-state index is 13.0. The molecule has 5 nitrogen and oxygen atoms in total. The number of carbonyl (C=O) groups excluding carboxylic acids is 2. The van der Waals surface area contributed by atoms with E-state index in [-0.39, 0.29) is 17.7 Å². The van der Waals surface area contributed by atoms with Gasteiger partial charge in [0.15, 0.2) is 0 Å². The molecule has 0 saturated carbocycles. The van der Waals surface area contributed by atoms with Crippen LogP contribution in [0.25, 0.3) is 0 Å². The molecule has 1 atom stereocenters. The first kappa shape index (κ1) is 17.1. The van der Waals surface area contributed by atoms with E-state index in [1.54, 1.807) is 24.3 Å². The number of likely N-dealkylation sites (tertiary alicyclic amines) is 1. The molecule has 1 aliphatic heterocycles. The quantitative estimate of drug-likeness (QED) is 0.811. The van der Waals surface area contributed by atoms with E-state index in [1.807, 2.05) is 35.2 Å². The Labute approximate surface area is 148 Å². The fraction of sp³-hybridized carbons (Fsp3) is 0.350. The Balaban J connectivity index is 1.71. The van der Waals surface area contributed by atoms with E-state index in [9.17, 15) is 9.59 Å². The van der Waals surface area contributed by atoms with E-state index < -0.39 is 0 Å². The van der Waals surface area contributed by atoms with Crippen molar-refractivity contribution in [2.75, 3.05) is 20.1 Å². The van der Waals surface area contributed by atoms with Crippen molar-refractivity contribution in [1.82, 2.24) is 14.8 Å². The van der Waals surface area contributed by atoms with E-state index in [4.69, 9.17) is 0 Å². The number of aromatic nitrogens is 1. The van der Waals surface area contributed by atoms with Gasteiger partial charge in [0, 0.05) is 45.5 Å². The van der Waals surface area contributed by atoms with Gasteiger partial charge in [-0.2, -0.15) is 0 Å². The molecule has 0 unspecified atom stereocenters. The first-order valence-corrected chi connectivity index (χ1v) is 8.59. The summed E-state index contributed by atoms with van der Waals surface area (Å²) in [5.74, 6) is -0.148. The highest BCUT2D eigenvalue weighted by Crippen LogP contribution is 2.20. The molecule has 0 spiro atoms. The molecule has 3 rings (SSSR count). The summed E-state index contributed by atoms with van der Waals surface area (Å²) in [5.41, 5.74) is 2.20. The summed E-state index contributed by atoms with van der Waals surface area (Å²) in [6.07, 6.45) is 4.62. The molecule has 2 heterocycles. The number of rotatable bonds is 6. The number of nitrogens with zero attached hydrogens (tertiary/aromatic N) is 3. The fourth-order valence-electron chi connectivity index (χ4n) is 3.18. The van der Waals surface area contributed by atoms with Crippen LogP contribution in [0.4, 0.5) is 0 Å². The molecule has 1 saturated heterocycles.